The molecule has 0 amide bonds. The molecule has 0 aromatic heterocycles. The molecule has 0 unspecified atom stereocenters. The van der Waals surface area contributed by atoms with E-state index in [0.717, 1.165) is 5.75 Å². The monoisotopic (exact) mass is 284 g/mol. The molecule has 0 fully saturated rings. The molecule has 0 N–H and O–H groups in total. The number of fused-ring (bicyclic) bond motifs is 1. The standard InChI is InChI=1S/C21H16O/c1-3-9-16(10-4-1)19-15-22-20-14-8-7-13-18(20)21(19)17-11-5-2-6-12-17/h1-14H,15H2. The first-order chi connectivity index (χ1) is 10.9. The molecular weight excluding hydrogens is 268 g/mol. The van der Waals surface area contributed by atoms with Crippen LogP contribution in [0.15, 0.2) is 84.9 Å². The Labute approximate surface area is 130 Å². The Morgan fingerprint density at radius 2 is 1.18 bits per heavy atom. The first-order valence-corrected chi connectivity index (χ1v) is 7.50. The minimum Gasteiger partial charge on any atom is -0.488 e. The fourth-order valence-electron chi connectivity index (χ4n) is 2.99. The van der Waals surface area contributed by atoms with Crippen molar-refractivity contribution < 1.29 is 4.74 Å². The van der Waals surface area contributed by atoms with Crippen LogP contribution in [0.5, 0.6) is 5.75 Å². The van der Waals surface area contributed by atoms with Crippen molar-refractivity contribution in [3.8, 4) is 5.75 Å². The van der Waals surface area contributed by atoms with Crippen LogP contribution in [0.1, 0.15) is 16.7 Å². The molecular formula is C21H16O. The Hall–Kier alpha value is -2.80. The average Bonchev–Trinajstić information content (AvgIpc) is 2.62. The van der Waals surface area contributed by atoms with Gasteiger partial charge in [0.15, 0.2) is 0 Å². The SMILES string of the molecule is c1ccc(C2=C(c3ccccc3)c3ccccc3OC2)cc1. The number of hydrogen-bond acceptors (Lipinski definition) is 1. The normalized spacial score (nSPS) is 13.5. The van der Waals surface area contributed by atoms with Crippen LogP contribution < -0.4 is 4.74 Å². The first-order valence-electron chi connectivity index (χ1n) is 7.50. The van der Waals surface area contributed by atoms with Crippen LogP contribution in [-0.4, -0.2) is 6.61 Å². The van der Waals surface area contributed by atoms with Gasteiger partial charge in [-0.15, -0.1) is 0 Å². The second kappa shape index (κ2) is 5.53. The van der Waals surface area contributed by atoms with Gasteiger partial charge in [0.05, 0.1) is 0 Å². The number of benzene rings is 3. The van der Waals surface area contributed by atoms with Crippen molar-refractivity contribution >= 4 is 11.1 Å². The molecule has 3 aromatic carbocycles. The van der Waals surface area contributed by atoms with Crippen molar-refractivity contribution in [1.29, 1.82) is 0 Å². The number of hydrogen-bond donors (Lipinski definition) is 0. The molecule has 1 aliphatic heterocycles. The molecule has 106 valence electrons. The predicted molar refractivity (Wildman–Crippen MR) is 90.7 cm³/mol. The summed E-state index contributed by atoms with van der Waals surface area (Å²) in [6, 6.07) is 29.3. The summed E-state index contributed by atoms with van der Waals surface area (Å²) in [5, 5.41) is 0. The van der Waals surface area contributed by atoms with Crippen LogP contribution in [0.25, 0.3) is 11.1 Å². The number of para-hydroxylation sites is 1. The highest BCUT2D eigenvalue weighted by molar-refractivity contribution is 6.01. The second-order valence-corrected chi connectivity index (χ2v) is 5.37. The van der Waals surface area contributed by atoms with E-state index in [9.17, 15) is 0 Å². The van der Waals surface area contributed by atoms with E-state index in [1.54, 1.807) is 0 Å². The van der Waals surface area contributed by atoms with Crippen LogP contribution in [-0.2, 0) is 0 Å². The lowest BCUT2D eigenvalue weighted by atomic mass is 9.88. The smallest absolute Gasteiger partial charge is 0.127 e. The summed E-state index contributed by atoms with van der Waals surface area (Å²) < 4.78 is 5.98. The van der Waals surface area contributed by atoms with E-state index in [-0.39, 0.29) is 0 Å². The summed E-state index contributed by atoms with van der Waals surface area (Å²) in [5.74, 6) is 0.959. The van der Waals surface area contributed by atoms with Gasteiger partial charge in [0.25, 0.3) is 0 Å². The van der Waals surface area contributed by atoms with E-state index in [2.05, 4.69) is 66.7 Å². The summed E-state index contributed by atoms with van der Waals surface area (Å²) in [4.78, 5) is 0. The van der Waals surface area contributed by atoms with Gasteiger partial charge in [-0.3, -0.25) is 0 Å². The Morgan fingerprint density at radius 1 is 0.591 bits per heavy atom. The molecule has 0 saturated heterocycles. The van der Waals surface area contributed by atoms with E-state index in [0.29, 0.717) is 6.61 Å². The Kier molecular flexibility index (Phi) is 3.24. The van der Waals surface area contributed by atoms with E-state index < -0.39 is 0 Å². The zero-order chi connectivity index (χ0) is 14.8. The molecule has 1 heteroatoms. The van der Waals surface area contributed by atoms with Crippen molar-refractivity contribution in [3.05, 3.63) is 102 Å². The zero-order valence-corrected chi connectivity index (χ0v) is 12.2. The molecule has 1 nitrogen and oxygen atoms in total. The topological polar surface area (TPSA) is 9.23 Å². The highest BCUT2D eigenvalue weighted by atomic mass is 16.5. The van der Waals surface area contributed by atoms with Crippen LogP contribution in [0.3, 0.4) is 0 Å². The maximum Gasteiger partial charge on any atom is 0.127 e. The van der Waals surface area contributed by atoms with Crippen molar-refractivity contribution in [2.45, 2.75) is 0 Å². The third kappa shape index (κ3) is 2.21. The van der Waals surface area contributed by atoms with Gasteiger partial charge < -0.3 is 4.74 Å². The molecule has 1 aliphatic rings. The Bertz CT molecular complexity index is 817. The second-order valence-electron chi connectivity index (χ2n) is 5.37. The fourth-order valence-corrected chi connectivity index (χ4v) is 2.99. The maximum absolute atomic E-state index is 5.98. The molecule has 0 bridgehead atoms. The zero-order valence-electron chi connectivity index (χ0n) is 12.2. The summed E-state index contributed by atoms with van der Waals surface area (Å²) in [7, 11) is 0. The van der Waals surface area contributed by atoms with Crippen molar-refractivity contribution in [2.24, 2.45) is 0 Å². The van der Waals surface area contributed by atoms with Crippen molar-refractivity contribution in [3.63, 3.8) is 0 Å². The van der Waals surface area contributed by atoms with Gasteiger partial charge in [0.2, 0.25) is 0 Å². The van der Waals surface area contributed by atoms with Crippen molar-refractivity contribution in [2.75, 3.05) is 6.61 Å². The molecule has 0 aliphatic carbocycles. The molecule has 0 saturated carbocycles. The lowest BCUT2D eigenvalue weighted by molar-refractivity contribution is 0.365. The van der Waals surface area contributed by atoms with Gasteiger partial charge in [0, 0.05) is 11.1 Å². The van der Waals surface area contributed by atoms with E-state index in [1.165, 1.54) is 27.8 Å². The third-order valence-electron chi connectivity index (χ3n) is 4.01. The van der Waals surface area contributed by atoms with Gasteiger partial charge in [-0.25, -0.2) is 0 Å². The van der Waals surface area contributed by atoms with Gasteiger partial charge in [0.1, 0.15) is 12.4 Å². The first kappa shape index (κ1) is 12.9. The predicted octanol–water partition coefficient (Wildman–Crippen LogP) is 5.04. The van der Waals surface area contributed by atoms with Crippen LogP contribution in [0.4, 0.5) is 0 Å². The molecule has 3 aromatic rings. The quantitative estimate of drug-likeness (QED) is 0.640. The van der Waals surface area contributed by atoms with E-state index in [1.807, 2.05) is 18.2 Å². The molecule has 22 heavy (non-hydrogen) atoms. The summed E-state index contributed by atoms with van der Waals surface area (Å²) in [6.45, 7) is 0.602. The number of rotatable bonds is 2. The lowest BCUT2D eigenvalue weighted by Gasteiger charge is -2.25. The third-order valence-corrected chi connectivity index (χ3v) is 4.01. The largest absolute Gasteiger partial charge is 0.488 e. The molecule has 1 heterocycles. The lowest BCUT2D eigenvalue weighted by Crippen LogP contribution is -2.11. The molecule has 0 radical (unpaired) electrons. The summed E-state index contributed by atoms with van der Waals surface area (Å²) in [6.07, 6.45) is 0. The Balaban J connectivity index is 2.00. The fraction of sp³-hybridized carbons (Fsp3) is 0.0476. The maximum atomic E-state index is 5.98. The van der Waals surface area contributed by atoms with E-state index in [4.69, 9.17) is 4.74 Å². The van der Waals surface area contributed by atoms with Crippen LogP contribution in [0.2, 0.25) is 0 Å². The van der Waals surface area contributed by atoms with Gasteiger partial charge in [-0.2, -0.15) is 0 Å². The highest BCUT2D eigenvalue weighted by Crippen LogP contribution is 2.40. The van der Waals surface area contributed by atoms with Gasteiger partial charge >= 0.3 is 0 Å². The minimum atomic E-state index is 0.602. The molecule has 0 atom stereocenters. The highest BCUT2D eigenvalue weighted by Gasteiger charge is 2.21. The van der Waals surface area contributed by atoms with E-state index >= 15 is 0 Å². The van der Waals surface area contributed by atoms with Gasteiger partial charge in [-0.1, -0.05) is 78.9 Å². The minimum absolute atomic E-state index is 0.602. The van der Waals surface area contributed by atoms with Gasteiger partial charge in [-0.05, 0) is 22.8 Å². The summed E-state index contributed by atoms with van der Waals surface area (Å²) in [5.41, 5.74) is 6.13. The molecule has 4 rings (SSSR count). The summed E-state index contributed by atoms with van der Waals surface area (Å²) >= 11 is 0. The van der Waals surface area contributed by atoms with Crippen LogP contribution in [0, 0.1) is 0 Å². The van der Waals surface area contributed by atoms with Crippen molar-refractivity contribution in [1.82, 2.24) is 0 Å². The number of ether oxygens (including phenoxy) is 1. The average molecular weight is 284 g/mol. The molecule has 0 spiro atoms. The Morgan fingerprint density at radius 3 is 1.91 bits per heavy atom. The van der Waals surface area contributed by atoms with Crippen LogP contribution >= 0.6 is 0 Å².